The van der Waals surface area contributed by atoms with E-state index in [1.54, 1.807) is 0 Å². The highest BCUT2D eigenvalue weighted by Gasteiger charge is 2.26. The van der Waals surface area contributed by atoms with Crippen molar-refractivity contribution < 1.29 is 8.42 Å². The zero-order valence-corrected chi connectivity index (χ0v) is 13.9. The normalized spacial score (nSPS) is 17.3. The van der Waals surface area contributed by atoms with Crippen molar-refractivity contribution in [2.45, 2.75) is 12.3 Å². The average molecular weight is 366 g/mol. The third kappa shape index (κ3) is 3.26. The Hall–Kier alpha value is -1.43. The molecule has 1 atom stereocenters. The van der Waals surface area contributed by atoms with Crippen LogP contribution in [0.2, 0.25) is 0 Å². The molecule has 3 rings (SSSR count). The van der Waals surface area contributed by atoms with Crippen molar-refractivity contribution in [3.05, 3.63) is 71.3 Å². The Balaban J connectivity index is 0.00000161. The molecule has 0 bridgehead atoms. The maximum atomic E-state index is 11.6. The van der Waals surface area contributed by atoms with Crippen molar-refractivity contribution in [2.75, 3.05) is 6.54 Å². The Labute approximate surface area is 136 Å². The van der Waals surface area contributed by atoms with Gasteiger partial charge in [0.05, 0.1) is 5.92 Å². The van der Waals surface area contributed by atoms with Crippen LogP contribution < -0.4 is 5.32 Å². The van der Waals surface area contributed by atoms with Gasteiger partial charge in [-0.05, 0) is 23.1 Å². The van der Waals surface area contributed by atoms with E-state index in [9.17, 15) is 8.42 Å². The minimum atomic E-state index is -2.25. The van der Waals surface area contributed by atoms with Crippen LogP contribution in [-0.2, 0) is 16.7 Å². The fraction of sp³-hybridized carbons (Fsp3) is 0.188. The van der Waals surface area contributed by atoms with E-state index in [2.05, 4.69) is 11.4 Å². The Kier molecular flexibility index (Phi) is 5.33. The summed E-state index contributed by atoms with van der Waals surface area (Å²) in [6.45, 7) is 0.643. The van der Waals surface area contributed by atoms with Gasteiger partial charge in [0, 0.05) is 6.54 Å². The van der Waals surface area contributed by atoms with E-state index in [0.717, 1.165) is 17.5 Å². The van der Waals surface area contributed by atoms with Gasteiger partial charge in [-0.15, -0.1) is 17.0 Å². The molecule has 5 heteroatoms. The molecule has 3 nitrogen and oxygen atoms in total. The summed E-state index contributed by atoms with van der Waals surface area (Å²) in [4.78, 5) is 0.362. The van der Waals surface area contributed by atoms with Gasteiger partial charge in [-0.1, -0.05) is 54.6 Å². The second-order valence-electron chi connectivity index (χ2n) is 4.82. The lowest BCUT2D eigenvalue weighted by Crippen LogP contribution is -2.30. The van der Waals surface area contributed by atoms with E-state index in [0.29, 0.717) is 11.5 Å². The van der Waals surface area contributed by atoms with E-state index in [-0.39, 0.29) is 22.9 Å². The molecule has 0 radical (unpaired) electrons. The lowest BCUT2D eigenvalue weighted by atomic mass is 9.88. The molecule has 0 aromatic heterocycles. The molecule has 1 aliphatic heterocycles. The molecule has 21 heavy (non-hydrogen) atoms. The molecule has 0 aliphatic carbocycles. The molecule has 2 aromatic rings. The largest absolute Gasteiger partial charge is 0.278 e. The van der Waals surface area contributed by atoms with Crippen LogP contribution in [0, 0.1) is 0 Å². The highest BCUT2D eigenvalue weighted by Crippen LogP contribution is 2.29. The Bertz CT molecular complexity index is 749. The monoisotopic (exact) mass is 365 g/mol. The van der Waals surface area contributed by atoms with Gasteiger partial charge in [0.15, 0.2) is 0 Å². The van der Waals surface area contributed by atoms with E-state index in [4.69, 9.17) is 0 Å². The Morgan fingerprint density at radius 3 is 2.33 bits per heavy atom. The maximum Gasteiger partial charge on any atom is 0.229 e. The summed E-state index contributed by atoms with van der Waals surface area (Å²) in [5, 5.41) is 3.08. The molecule has 1 N–H and O–H groups in total. The topological polar surface area (TPSA) is 46.2 Å². The smallest absolute Gasteiger partial charge is 0.229 e. The van der Waals surface area contributed by atoms with Crippen molar-refractivity contribution in [1.82, 2.24) is 5.32 Å². The van der Waals surface area contributed by atoms with E-state index in [1.807, 2.05) is 48.5 Å². The van der Waals surface area contributed by atoms with Crippen molar-refractivity contribution in [3.63, 3.8) is 0 Å². The van der Waals surface area contributed by atoms with Gasteiger partial charge in [-0.25, -0.2) is 0 Å². The highest BCUT2D eigenvalue weighted by molar-refractivity contribution is 8.93. The number of hydrogen-bond donors (Lipinski definition) is 1. The number of nitrogens with one attached hydrogen (secondary N) is 1. The molecule has 1 unspecified atom stereocenters. The van der Waals surface area contributed by atoms with E-state index >= 15 is 0 Å². The third-order valence-electron chi connectivity index (χ3n) is 3.63. The Morgan fingerprint density at radius 2 is 1.62 bits per heavy atom. The lowest BCUT2D eigenvalue weighted by molar-refractivity contribution is 0.625. The highest BCUT2D eigenvalue weighted by atomic mass is 79.9. The summed E-state index contributed by atoms with van der Waals surface area (Å²) in [7, 11) is -2.25. The first kappa shape index (κ1) is 15.9. The van der Waals surface area contributed by atoms with Crippen LogP contribution in [0.25, 0.3) is 0 Å². The van der Waals surface area contributed by atoms with Gasteiger partial charge in [-0.3, -0.25) is 5.32 Å². The predicted molar refractivity (Wildman–Crippen MR) is 90.7 cm³/mol. The van der Waals surface area contributed by atoms with Gasteiger partial charge in [0.1, 0.15) is 4.99 Å². The van der Waals surface area contributed by atoms with Gasteiger partial charge in [-0.2, -0.15) is 8.42 Å². The number of rotatable bonds is 1. The SMILES string of the molecule is Br.O=S(=O)=C1NCCc2ccccc2C1c1ccccc1. The second kappa shape index (κ2) is 7.02. The first-order valence-electron chi connectivity index (χ1n) is 6.60. The molecule has 2 aromatic carbocycles. The van der Waals surface area contributed by atoms with Crippen molar-refractivity contribution in [3.8, 4) is 0 Å². The third-order valence-corrected chi connectivity index (χ3v) is 4.37. The van der Waals surface area contributed by atoms with Crippen LogP contribution >= 0.6 is 17.0 Å². The molecule has 0 saturated carbocycles. The Morgan fingerprint density at radius 1 is 0.952 bits per heavy atom. The van der Waals surface area contributed by atoms with Crippen LogP contribution in [0.1, 0.15) is 22.6 Å². The fourth-order valence-corrected chi connectivity index (χ4v) is 3.41. The quantitative estimate of drug-likeness (QED) is 0.789. The van der Waals surface area contributed by atoms with E-state index < -0.39 is 10.3 Å². The zero-order valence-electron chi connectivity index (χ0n) is 11.3. The molecule has 1 aliphatic rings. The number of hydrogen-bond acceptors (Lipinski definition) is 2. The van der Waals surface area contributed by atoms with Gasteiger partial charge in [0.25, 0.3) is 0 Å². The lowest BCUT2D eigenvalue weighted by Gasteiger charge is -2.18. The summed E-state index contributed by atoms with van der Waals surface area (Å²) in [5.74, 6) is -0.242. The standard InChI is InChI=1S/C16H15NO2S.BrH/c18-20(19)16-15(13-7-2-1-3-8-13)14-9-5-4-6-12(14)10-11-17-16;/h1-9,15,17H,10-11H2;1H. The van der Waals surface area contributed by atoms with Gasteiger partial charge >= 0.3 is 0 Å². The first-order chi connectivity index (χ1) is 9.77. The molecule has 0 spiro atoms. The van der Waals surface area contributed by atoms with E-state index in [1.165, 1.54) is 5.56 Å². The van der Waals surface area contributed by atoms with Crippen molar-refractivity contribution in [1.29, 1.82) is 0 Å². The van der Waals surface area contributed by atoms with Crippen LogP contribution in [0.4, 0.5) is 0 Å². The molecule has 0 amide bonds. The molecule has 110 valence electrons. The molecular formula is C16H16BrNO2S. The van der Waals surface area contributed by atoms with Gasteiger partial charge < -0.3 is 0 Å². The molecular weight excluding hydrogens is 350 g/mol. The average Bonchev–Trinajstić information content (AvgIpc) is 2.67. The molecule has 0 fully saturated rings. The minimum Gasteiger partial charge on any atom is -0.278 e. The molecule has 1 heterocycles. The summed E-state index contributed by atoms with van der Waals surface area (Å²) < 4.78 is 23.2. The van der Waals surface area contributed by atoms with Crippen molar-refractivity contribution >= 4 is 32.3 Å². The van der Waals surface area contributed by atoms with Crippen LogP contribution in [0.15, 0.2) is 54.6 Å². The molecule has 0 saturated heterocycles. The fourth-order valence-electron chi connectivity index (χ4n) is 2.74. The first-order valence-corrected chi connectivity index (χ1v) is 7.67. The second-order valence-corrected chi connectivity index (χ2v) is 5.73. The maximum absolute atomic E-state index is 11.6. The van der Waals surface area contributed by atoms with Crippen LogP contribution in [0.5, 0.6) is 0 Å². The summed E-state index contributed by atoms with van der Waals surface area (Å²) in [6.07, 6.45) is 0.834. The minimum absolute atomic E-state index is 0. The number of halogens is 1. The van der Waals surface area contributed by atoms with Gasteiger partial charge in [0.2, 0.25) is 10.3 Å². The number of fused-ring (bicyclic) bond motifs is 1. The summed E-state index contributed by atoms with van der Waals surface area (Å²) in [6, 6.07) is 17.8. The summed E-state index contributed by atoms with van der Waals surface area (Å²) in [5.41, 5.74) is 3.27. The van der Waals surface area contributed by atoms with Crippen LogP contribution in [-0.4, -0.2) is 20.0 Å². The van der Waals surface area contributed by atoms with Crippen LogP contribution in [0.3, 0.4) is 0 Å². The summed E-state index contributed by atoms with van der Waals surface area (Å²) >= 11 is 0. The predicted octanol–water partition coefficient (Wildman–Crippen LogP) is 2.55. The zero-order chi connectivity index (χ0) is 13.9. The van der Waals surface area contributed by atoms with Crippen molar-refractivity contribution in [2.24, 2.45) is 0 Å². The number of benzene rings is 2.